The van der Waals surface area contributed by atoms with Crippen molar-refractivity contribution in [3.05, 3.63) is 66.5 Å². The zero-order valence-corrected chi connectivity index (χ0v) is 12.9. The molecular weight excluding hydrogens is 304 g/mol. The first kappa shape index (κ1) is 14.2. The van der Waals surface area contributed by atoms with Crippen LogP contribution < -0.4 is 5.32 Å². The lowest BCUT2D eigenvalue weighted by atomic mass is 10.2. The number of carbonyl (C=O) groups is 1. The van der Waals surface area contributed by atoms with Crippen LogP contribution in [0.2, 0.25) is 0 Å². The lowest BCUT2D eigenvalue weighted by Gasteiger charge is -2.05. The van der Waals surface area contributed by atoms with E-state index in [9.17, 15) is 4.79 Å². The highest BCUT2D eigenvalue weighted by molar-refractivity contribution is 6.03. The number of aryl methyl sites for hydroxylation is 1. The van der Waals surface area contributed by atoms with Gasteiger partial charge in [0.15, 0.2) is 5.58 Å². The van der Waals surface area contributed by atoms with E-state index >= 15 is 0 Å². The third kappa shape index (κ3) is 2.54. The fourth-order valence-electron chi connectivity index (χ4n) is 2.48. The number of aromatic nitrogens is 3. The zero-order chi connectivity index (χ0) is 16.5. The summed E-state index contributed by atoms with van der Waals surface area (Å²) in [5, 5.41) is 6.83. The van der Waals surface area contributed by atoms with Gasteiger partial charge in [0.1, 0.15) is 11.2 Å². The van der Waals surface area contributed by atoms with Gasteiger partial charge >= 0.3 is 0 Å². The molecule has 0 radical (unpaired) electrons. The van der Waals surface area contributed by atoms with Crippen molar-refractivity contribution >= 4 is 22.7 Å². The van der Waals surface area contributed by atoms with Crippen molar-refractivity contribution in [3.63, 3.8) is 0 Å². The number of fused-ring (bicyclic) bond motifs is 1. The van der Waals surface area contributed by atoms with Crippen LogP contribution >= 0.6 is 0 Å². The van der Waals surface area contributed by atoms with Gasteiger partial charge in [-0.3, -0.25) is 9.48 Å². The van der Waals surface area contributed by atoms with Gasteiger partial charge in [-0.05, 0) is 42.5 Å². The number of hydrogen-bond acceptors (Lipinski definition) is 4. The van der Waals surface area contributed by atoms with Crippen molar-refractivity contribution in [3.8, 4) is 11.5 Å². The molecule has 0 unspecified atom stereocenters. The van der Waals surface area contributed by atoms with E-state index in [1.807, 2.05) is 48.5 Å². The van der Waals surface area contributed by atoms with Gasteiger partial charge in [-0.1, -0.05) is 12.1 Å². The first-order valence-electron chi connectivity index (χ1n) is 7.46. The van der Waals surface area contributed by atoms with Crippen molar-refractivity contribution < 1.29 is 9.21 Å². The highest BCUT2D eigenvalue weighted by atomic mass is 16.3. The molecule has 0 saturated carbocycles. The third-order valence-corrected chi connectivity index (χ3v) is 3.74. The maximum atomic E-state index is 12.2. The summed E-state index contributed by atoms with van der Waals surface area (Å²) in [5.74, 6) is 0.352. The Balaban J connectivity index is 1.56. The van der Waals surface area contributed by atoms with Crippen molar-refractivity contribution in [1.82, 2.24) is 14.8 Å². The highest BCUT2D eigenvalue weighted by Gasteiger charge is 2.11. The molecule has 0 aliphatic carbocycles. The number of carbonyl (C=O) groups excluding carboxylic acids is 1. The quantitative estimate of drug-likeness (QED) is 0.627. The summed E-state index contributed by atoms with van der Waals surface area (Å²) in [7, 11) is 1.73. The van der Waals surface area contributed by atoms with Gasteiger partial charge in [-0.15, -0.1) is 0 Å². The van der Waals surface area contributed by atoms with Crippen LogP contribution in [0.3, 0.4) is 0 Å². The summed E-state index contributed by atoms with van der Waals surface area (Å²) in [6.07, 6.45) is 1.59. The lowest BCUT2D eigenvalue weighted by molar-refractivity contribution is 0.101. The molecule has 6 heteroatoms. The van der Waals surface area contributed by atoms with Gasteiger partial charge in [0, 0.05) is 24.5 Å². The van der Waals surface area contributed by atoms with Crippen LogP contribution in [0.5, 0.6) is 0 Å². The molecule has 2 heterocycles. The molecule has 1 amide bonds. The second-order valence-electron chi connectivity index (χ2n) is 5.36. The monoisotopic (exact) mass is 318 g/mol. The Labute approximate surface area is 137 Å². The number of oxazole rings is 1. The number of nitrogens with zero attached hydrogens (tertiary/aromatic N) is 3. The number of hydrogen-bond donors (Lipinski definition) is 1. The van der Waals surface area contributed by atoms with Crippen LogP contribution in [0.1, 0.15) is 10.5 Å². The maximum Gasteiger partial charge on any atom is 0.273 e. The van der Waals surface area contributed by atoms with Gasteiger partial charge in [0.05, 0.1) is 0 Å². The smallest absolute Gasteiger partial charge is 0.273 e. The Morgan fingerprint density at radius 2 is 1.88 bits per heavy atom. The SMILES string of the molecule is Cn1nccc1C(=O)Nc1ccc(-c2nc3ccccc3o2)cc1. The Bertz CT molecular complexity index is 982. The summed E-state index contributed by atoms with van der Waals surface area (Å²) in [4.78, 5) is 16.6. The first-order valence-corrected chi connectivity index (χ1v) is 7.46. The predicted molar refractivity (Wildman–Crippen MR) is 90.6 cm³/mol. The number of benzene rings is 2. The molecule has 0 saturated heterocycles. The molecule has 4 aromatic rings. The summed E-state index contributed by atoms with van der Waals surface area (Å²) in [6.45, 7) is 0. The van der Waals surface area contributed by atoms with Gasteiger partial charge in [0.2, 0.25) is 5.89 Å². The van der Waals surface area contributed by atoms with Crippen LogP contribution in [0, 0.1) is 0 Å². The van der Waals surface area contributed by atoms with E-state index in [0.717, 1.165) is 16.7 Å². The molecule has 6 nitrogen and oxygen atoms in total. The molecule has 1 N–H and O–H groups in total. The number of rotatable bonds is 3. The van der Waals surface area contributed by atoms with Crippen molar-refractivity contribution in [2.24, 2.45) is 7.05 Å². The minimum Gasteiger partial charge on any atom is -0.436 e. The normalized spacial score (nSPS) is 10.9. The first-order chi connectivity index (χ1) is 11.7. The fraction of sp³-hybridized carbons (Fsp3) is 0.0556. The highest BCUT2D eigenvalue weighted by Crippen LogP contribution is 2.25. The molecule has 0 atom stereocenters. The van der Waals surface area contributed by atoms with Crippen LogP contribution in [-0.4, -0.2) is 20.7 Å². The number of amides is 1. The van der Waals surface area contributed by atoms with Crippen LogP contribution in [0.25, 0.3) is 22.6 Å². The number of para-hydroxylation sites is 2. The molecule has 2 aromatic carbocycles. The predicted octanol–water partition coefficient (Wildman–Crippen LogP) is 3.48. The number of nitrogens with one attached hydrogen (secondary N) is 1. The molecule has 4 rings (SSSR count). The fourth-order valence-corrected chi connectivity index (χ4v) is 2.48. The van der Waals surface area contributed by atoms with Gasteiger partial charge < -0.3 is 9.73 Å². The molecule has 2 aromatic heterocycles. The Morgan fingerprint density at radius 1 is 1.08 bits per heavy atom. The molecule has 0 spiro atoms. The van der Waals surface area contributed by atoms with E-state index < -0.39 is 0 Å². The maximum absolute atomic E-state index is 12.2. The van der Waals surface area contributed by atoms with E-state index in [1.54, 1.807) is 19.3 Å². The molecular formula is C18H14N4O2. The Kier molecular flexibility index (Phi) is 3.35. The lowest BCUT2D eigenvalue weighted by Crippen LogP contribution is -2.15. The molecule has 0 aliphatic rings. The van der Waals surface area contributed by atoms with Crippen molar-refractivity contribution in [2.75, 3.05) is 5.32 Å². The minimum atomic E-state index is -0.204. The van der Waals surface area contributed by atoms with E-state index in [0.29, 0.717) is 17.3 Å². The molecule has 0 fully saturated rings. The average Bonchev–Trinajstić information content (AvgIpc) is 3.21. The summed E-state index contributed by atoms with van der Waals surface area (Å²) < 4.78 is 7.27. The zero-order valence-electron chi connectivity index (χ0n) is 12.9. The van der Waals surface area contributed by atoms with Gasteiger partial charge in [0.25, 0.3) is 5.91 Å². The Hall–Kier alpha value is -3.41. The van der Waals surface area contributed by atoms with Gasteiger partial charge in [-0.25, -0.2) is 4.98 Å². The third-order valence-electron chi connectivity index (χ3n) is 3.74. The second kappa shape index (κ2) is 5.66. The molecule has 118 valence electrons. The van der Waals surface area contributed by atoms with E-state index in [4.69, 9.17) is 4.42 Å². The summed E-state index contributed by atoms with van der Waals surface area (Å²) >= 11 is 0. The standard InChI is InChI=1S/C18H14N4O2/c1-22-15(10-11-19-22)17(23)20-13-8-6-12(7-9-13)18-21-14-4-2-3-5-16(14)24-18/h2-11H,1H3,(H,20,23). The van der Waals surface area contributed by atoms with Crippen molar-refractivity contribution in [2.45, 2.75) is 0 Å². The molecule has 0 bridgehead atoms. The van der Waals surface area contributed by atoms with E-state index in [2.05, 4.69) is 15.4 Å². The minimum absolute atomic E-state index is 0.204. The van der Waals surface area contributed by atoms with Crippen LogP contribution in [0.15, 0.2) is 65.2 Å². The van der Waals surface area contributed by atoms with Gasteiger partial charge in [-0.2, -0.15) is 5.10 Å². The molecule has 0 aliphatic heterocycles. The van der Waals surface area contributed by atoms with Crippen molar-refractivity contribution in [1.29, 1.82) is 0 Å². The van der Waals surface area contributed by atoms with E-state index in [1.165, 1.54) is 4.68 Å². The van der Waals surface area contributed by atoms with Crippen LogP contribution in [-0.2, 0) is 7.05 Å². The molecule has 24 heavy (non-hydrogen) atoms. The summed E-state index contributed by atoms with van der Waals surface area (Å²) in [5.41, 5.74) is 3.62. The average molecular weight is 318 g/mol. The largest absolute Gasteiger partial charge is 0.436 e. The van der Waals surface area contributed by atoms with Crippen LogP contribution in [0.4, 0.5) is 5.69 Å². The summed E-state index contributed by atoms with van der Waals surface area (Å²) in [6, 6.07) is 16.7. The topological polar surface area (TPSA) is 73.0 Å². The second-order valence-corrected chi connectivity index (χ2v) is 5.36. The number of anilines is 1. The Morgan fingerprint density at radius 3 is 2.58 bits per heavy atom. The van der Waals surface area contributed by atoms with E-state index in [-0.39, 0.29) is 5.91 Å².